The molecule has 3 amide bonds. The summed E-state index contributed by atoms with van der Waals surface area (Å²) in [4.78, 5) is 64.3. The van der Waals surface area contributed by atoms with Gasteiger partial charge in [-0.15, -0.1) is 0 Å². The lowest BCUT2D eigenvalue weighted by Gasteiger charge is -2.32. The molecule has 2 unspecified atom stereocenters. The standard InChI is InChI=1S/C56H75BF2N8O10/c1-10-41(33-45(68)20-19-44-32-38(2)48-36-50-43(14-13-28-67(5,6)7)34-49(65(50)57(58,59)64(44)48)42-17-21-46(74-8)22-18-42)56(71)62-24-12-11-15-54(69)61-26-30-77-53-37-51(66(72)73)47(35-52(53)75-9)40(4)60-25-29-76-31-27-63-39(3)16-23-55(63)70/h16-18,21-23,32,34-37,40-41,60H,3,10-15,19-20,24-31,33H2,1-2,4-9H3,(H-,61,62,69,71)/p+1. The summed E-state index contributed by atoms with van der Waals surface area (Å²) in [5, 5.41) is 21.0. The van der Waals surface area contributed by atoms with Crippen LogP contribution < -0.4 is 30.2 Å². The number of halogens is 2. The third-order valence-electron chi connectivity index (χ3n) is 14.0. The van der Waals surface area contributed by atoms with E-state index in [1.807, 2.05) is 26.0 Å². The van der Waals surface area contributed by atoms with Gasteiger partial charge in [0.15, 0.2) is 22.9 Å². The third-order valence-corrected chi connectivity index (χ3v) is 14.0. The zero-order valence-corrected chi connectivity index (χ0v) is 45.9. The van der Waals surface area contributed by atoms with E-state index in [1.54, 1.807) is 56.5 Å². The van der Waals surface area contributed by atoms with Gasteiger partial charge in [-0.2, -0.15) is 0 Å². The predicted octanol–water partition coefficient (Wildman–Crippen LogP) is 7.21. The maximum Gasteiger partial charge on any atom is 0.737 e. The number of ketones is 1. The second-order valence-electron chi connectivity index (χ2n) is 20.7. The molecule has 0 saturated carbocycles. The molecule has 0 saturated heterocycles. The minimum absolute atomic E-state index is 0.00428. The molecule has 18 nitrogen and oxygen atoms in total. The lowest BCUT2D eigenvalue weighted by atomic mass is 9.88. The highest BCUT2D eigenvalue weighted by Gasteiger charge is 2.54. The Balaban J connectivity index is 0.923. The number of nitro groups is 1. The van der Waals surface area contributed by atoms with Gasteiger partial charge in [-0.3, -0.25) is 29.3 Å². The van der Waals surface area contributed by atoms with Crippen molar-refractivity contribution in [2.75, 3.05) is 87.9 Å². The Hall–Kier alpha value is -6.97. The second kappa shape index (κ2) is 26.9. The van der Waals surface area contributed by atoms with E-state index in [0.717, 1.165) is 27.5 Å². The summed E-state index contributed by atoms with van der Waals surface area (Å²) in [5.74, 6) is -0.384. The number of aromatic nitrogens is 1. The van der Waals surface area contributed by atoms with Crippen LogP contribution in [0, 0.1) is 23.0 Å². The van der Waals surface area contributed by atoms with Crippen molar-refractivity contribution in [1.29, 1.82) is 0 Å². The summed E-state index contributed by atoms with van der Waals surface area (Å²) in [6.07, 6.45) is 9.95. The first-order valence-corrected chi connectivity index (χ1v) is 26.5. The van der Waals surface area contributed by atoms with Crippen molar-refractivity contribution in [2.24, 2.45) is 5.92 Å². The summed E-state index contributed by atoms with van der Waals surface area (Å²) in [5.41, 5.74) is 4.73. The summed E-state index contributed by atoms with van der Waals surface area (Å²) in [6.45, 7) is 7.58. The van der Waals surface area contributed by atoms with Gasteiger partial charge in [0.05, 0.1) is 78.2 Å². The fourth-order valence-corrected chi connectivity index (χ4v) is 9.82. The van der Waals surface area contributed by atoms with E-state index in [4.69, 9.17) is 18.9 Å². The van der Waals surface area contributed by atoms with Crippen LogP contribution in [0.25, 0.3) is 6.08 Å². The van der Waals surface area contributed by atoms with Gasteiger partial charge in [0.25, 0.3) is 11.6 Å². The molecule has 3 aliphatic rings. The smallest absolute Gasteiger partial charge is 0.497 e. The average molecular weight is 1070 g/mol. The van der Waals surface area contributed by atoms with Crippen LogP contribution in [0.15, 0.2) is 84.2 Å². The molecule has 416 valence electrons. The van der Waals surface area contributed by atoms with Crippen LogP contribution in [0.5, 0.6) is 17.2 Å². The first kappa shape index (κ1) is 59.3. The van der Waals surface area contributed by atoms with Crippen molar-refractivity contribution in [3.05, 3.63) is 122 Å². The number of Topliss-reactive ketones (excluding diaryl/α,β-unsaturated/α-hetero) is 1. The fraction of sp³-hybridized carbons (Fsp3) is 0.482. The number of fused-ring (bicyclic) bond motifs is 2. The fourth-order valence-electron chi connectivity index (χ4n) is 9.82. The molecule has 0 bridgehead atoms. The van der Waals surface area contributed by atoms with Crippen LogP contribution in [-0.4, -0.2) is 147 Å². The van der Waals surface area contributed by atoms with Crippen LogP contribution in [0.1, 0.15) is 99.3 Å². The first-order chi connectivity index (χ1) is 36.7. The highest BCUT2D eigenvalue weighted by atomic mass is 19.2. The highest BCUT2D eigenvalue weighted by molar-refractivity contribution is 6.58. The molecule has 0 radical (unpaired) electrons. The Bertz CT molecular complexity index is 2780. The minimum atomic E-state index is -4.36. The maximum atomic E-state index is 17.2. The molecule has 3 aliphatic heterocycles. The number of amides is 3. The number of carbonyl (C=O) groups is 4. The monoisotopic (exact) mass is 1070 g/mol. The van der Waals surface area contributed by atoms with Crippen molar-refractivity contribution in [2.45, 2.75) is 84.6 Å². The number of unbranched alkanes of at least 4 members (excludes halogenated alkanes) is 1. The van der Waals surface area contributed by atoms with E-state index in [-0.39, 0.29) is 79.5 Å². The second-order valence-corrected chi connectivity index (χ2v) is 20.7. The van der Waals surface area contributed by atoms with Gasteiger partial charge < -0.3 is 61.9 Å². The summed E-state index contributed by atoms with van der Waals surface area (Å²) >= 11 is 0. The number of carbonyl (C=O) groups excluding carboxylic acids is 4. The zero-order valence-electron chi connectivity index (χ0n) is 45.9. The number of methoxy groups -OCH3 is 2. The number of hydrogen-bond donors (Lipinski definition) is 3. The molecule has 6 rings (SSSR count). The highest BCUT2D eigenvalue weighted by Crippen LogP contribution is 2.41. The number of nitrogens with one attached hydrogen (secondary N) is 3. The van der Waals surface area contributed by atoms with Gasteiger partial charge in [0.2, 0.25) is 11.8 Å². The molecular formula is C56H76BF2N8O10+. The minimum Gasteiger partial charge on any atom is -0.497 e. The Morgan fingerprint density at radius 1 is 0.909 bits per heavy atom. The number of nitrogens with zero attached hydrogens (tertiary/aromatic N) is 5. The Labute approximate surface area is 450 Å². The lowest BCUT2D eigenvalue weighted by Crippen LogP contribution is -2.51. The van der Waals surface area contributed by atoms with Gasteiger partial charge in [0.1, 0.15) is 18.1 Å². The number of nitro benzene ring substituents is 1. The number of allylic oxidation sites excluding steroid dienone is 3. The van der Waals surface area contributed by atoms with Crippen molar-refractivity contribution in [3.8, 4) is 17.2 Å². The van der Waals surface area contributed by atoms with Crippen LogP contribution in [0.2, 0.25) is 0 Å². The molecule has 0 spiro atoms. The molecule has 3 N–H and O–H groups in total. The van der Waals surface area contributed by atoms with Crippen LogP contribution in [0.3, 0.4) is 0 Å². The number of rotatable bonds is 32. The largest absolute Gasteiger partial charge is 0.737 e. The van der Waals surface area contributed by atoms with Gasteiger partial charge in [-0.05, 0) is 99.7 Å². The summed E-state index contributed by atoms with van der Waals surface area (Å²) in [7, 11) is 9.33. The molecule has 77 heavy (non-hydrogen) atoms. The molecule has 3 aromatic rings. The van der Waals surface area contributed by atoms with Crippen LogP contribution in [-0.2, 0) is 30.3 Å². The van der Waals surface area contributed by atoms with E-state index in [0.29, 0.717) is 109 Å². The molecule has 0 fully saturated rings. The van der Waals surface area contributed by atoms with E-state index in [9.17, 15) is 29.3 Å². The molecule has 2 aromatic carbocycles. The Kier molecular flexibility index (Phi) is 20.7. The van der Waals surface area contributed by atoms with Crippen molar-refractivity contribution in [3.63, 3.8) is 0 Å². The van der Waals surface area contributed by atoms with E-state index >= 15 is 8.63 Å². The summed E-state index contributed by atoms with van der Waals surface area (Å²) < 4.78 is 59.8. The van der Waals surface area contributed by atoms with Crippen molar-refractivity contribution in [1.82, 2.24) is 25.3 Å². The zero-order chi connectivity index (χ0) is 56.0. The predicted molar refractivity (Wildman–Crippen MR) is 292 cm³/mol. The SMILES string of the molecule is C=C1C=CC(=O)N1CCOCCNC(C)c1cc(OC)c(OCCNC(=O)CCCCNC(=O)C(CC)CC(=O)CCc2cc(C)c3n2[B-](F)(F)[N+]2=C(c4ccc(OC)cc4)C=C(CCC[N+](C)(C)C)C2=C3)cc1[N+](=O)[O-]. The Morgan fingerprint density at radius 3 is 2.32 bits per heavy atom. The van der Waals surface area contributed by atoms with Gasteiger partial charge in [-0.1, -0.05) is 13.5 Å². The molecule has 1 aromatic heterocycles. The number of aryl methyl sites for hydroxylation is 2. The van der Waals surface area contributed by atoms with Gasteiger partial charge in [0, 0.05) is 98.0 Å². The maximum absolute atomic E-state index is 17.2. The Morgan fingerprint density at radius 2 is 1.66 bits per heavy atom. The normalized spacial score (nSPS) is 15.4. The van der Waals surface area contributed by atoms with Crippen LogP contribution >= 0.6 is 0 Å². The summed E-state index contributed by atoms with van der Waals surface area (Å²) in [6, 6.07) is 11.3. The third kappa shape index (κ3) is 15.4. The lowest BCUT2D eigenvalue weighted by molar-refractivity contribution is -0.870. The molecule has 21 heteroatoms. The van der Waals surface area contributed by atoms with Crippen molar-refractivity contribution < 1.29 is 60.6 Å². The quantitative estimate of drug-likeness (QED) is 0.0188. The number of ether oxygens (including phenoxy) is 4. The van der Waals surface area contributed by atoms with E-state index in [1.165, 1.54) is 28.6 Å². The topological polar surface area (TPSA) is 196 Å². The van der Waals surface area contributed by atoms with E-state index < -0.39 is 23.9 Å². The van der Waals surface area contributed by atoms with E-state index in [2.05, 4.69) is 43.7 Å². The molecule has 0 aliphatic carbocycles. The van der Waals surface area contributed by atoms with Gasteiger partial charge >= 0.3 is 6.97 Å². The molecular weight excluding hydrogens is 993 g/mol. The first-order valence-electron chi connectivity index (χ1n) is 26.5. The van der Waals surface area contributed by atoms with Gasteiger partial charge in [-0.25, -0.2) is 0 Å². The molecule has 4 heterocycles. The van der Waals surface area contributed by atoms with Crippen LogP contribution in [0.4, 0.5) is 14.3 Å². The number of benzene rings is 2. The number of hydrogen-bond acceptors (Lipinski definition) is 11. The van der Waals surface area contributed by atoms with Crippen molar-refractivity contribution >= 4 is 47.9 Å². The number of quaternary nitrogens is 1. The average Bonchev–Trinajstić information content (AvgIpc) is 4.17. The molecule has 2 atom stereocenters.